The highest BCUT2D eigenvalue weighted by Gasteiger charge is 2.59. The Balaban J connectivity index is 1.50. The molecule has 5 rings (SSSR count). The van der Waals surface area contributed by atoms with Gasteiger partial charge in [0.05, 0.1) is 12.2 Å². The zero-order valence-electron chi connectivity index (χ0n) is 17.5. The van der Waals surface area contributed by atoms with Gasteiger partial charge in [-0.3, -0.25) is 9.69 Å². The van der Waals surface area contributed by atoms with E-state index in [1.807, 2.05) is 54.3 Å². The molecule has 7 heteroatoms. The molecule has 3 aromatic rings. The summed E-state index contributed by atoms with van der Waals surface area (Å²) in [6.45, 7) is 3.00. The number of thioether (sulfide) groups is 1. The number of anilines is 2. The van der Waals surface area contributed by atoms with Gasteiger partial charge in [-0.25, -0.2) is 4.79 Å². The third-order valence-corrected chi connectivity index (χ3v) is 7.54. The summed E-state index contributed by atoms with van der Waals surface area (Å²) in [7, 11) is 0. The van der Waals surface area contributed by atoms with Crippen LogP contribution < -0.4 is 10.2 Å². The minimum atomic E-state index is -1.06. The van der Waals surface area contributed by atoms with Gasteiger partial charge in [0.2, 0.25) is 0 Å². The van der Waals surface area contributed by atoms with Gasteiger partial charge in [0.1, 0.15) is 0 Å². The lowest BCUT2D eigenvalue weighted by Gasteiger charge is -2.33. The van der Waals surface area contributed by atoms with Gasteiger partial charge in [0, 0.05) is 28.6 Å². The molecule has 3 aromatic carbocycles. The molecular formula is C25H22ClN3O2S. The lowest BCUT2D eigenvalue weighted by molar-refractivity contribution is -0.123. The zero-order chi connectivity index (χ0) is 22.3. The van der Waals surface area contributed by atoms with E-state index in [9.17, 15) is 9.59 Å². The number of carbonyl (C=O) groups is 2. The van der Waals surface area contributed by atoms with E-state index in [-0.39, 0.29) is 11.9 Å². The molecule has 1 atom stereocenters. The maximum Gasteiger partial charge on any atom is 0.323 e. The molecule has 162 valence electrons. The Morgan fingerprint density at radius 3 is 2.66 bits per heavy atom. The number of fused-ring (bicyclic) bond motifs is 2. The van der Waals surface area contributed by atoms with Crippen molar-refractivity contribution < 1.29 is 9.59 Å². The summed E-state index contributed by atoms with van der Waals surface area (Å²) in [6, 6.07) is 22.6. The topological polar surface area (TPSA) is 52.7 Å². The van der Waals surface area contributed by atoms with E-state index in [1.54, 1.807) is 29.2 Å². The average Bonchev–Trinajstić information content (AvgIpc) is 3.33. The molecule has 0 radical (unpaired) electrons. The third-order valence-electron chi connectivity index (χ3n) is 5.86. The summed E-state index contributed by atoms with van der Waals surface area (Å²) < 4.78 is 0. The van der Waals surface area contributed by atoms with Crippen molar-refractivity contribution in [1.82, 2.24) is 4.90 Å². The van der Waals surface area contributed by atoms with Crippen molar-refractivity contribution >= 4 is 46.7 Å². The number of para-hydroxylation sites is 1. The minimum absolute atomic E-state index is 0.0750. The molecule has 0 aromatic heterocycles. The number of rotatable bonds is 3. The maximum atomic E-state index is 14.0. The van der Waals surface area contributed by atoms with Gasteiger partial charge in [-0.2, -0.15) is 0 Å². The van der Waals surface area contributed by atoms with Gasteiger partial charge in [-0.05, 0) is 42.8 Å². The average molecular weight is 464 g/mol. The van der Waals surface area contributed by atoms with Crippen molar-refractivity contribution in [2.24, 2.45) is 0 Å². The monoisotopic (exact) mass is 463 g/mol. The smallest absolute Gasteiger partial charge is 0.308 e. The first-order valence-corrected chi connectivity index (χ1v) is 11.8. The van der Waals surface area contributed by atoms with E-state index in [0.717, 1.165) is 22.4 Å². The zero-order valence-corrected chi connectivity index (χ0v) is 19.1. The number of aryl methyl sites for hydroxylation is 1. The second-order valence-electron chi connectivity index (χ2n) is 7.98. The highest BCUT2D eigenvalue weighted by Crippen LogP contribution is 2.54. The molecule has 0 bridgehead atoms. The van der Waals surface area contributed by atoms with Crippen molar-refractivity contribution in [1.29, 1.82) is 0 Å². The summed E-state index contributed by atoms with van der Waals surface area (Å²) in [5.41, 5.74) is 4.58. The Hall–Kier alpha value is -2.96. The standard InChI is InChI=1S/C25H22ClN3O2S/c1-17-5-4-6-18(15-17)16-28-22-8-3-2-7-21(22)25(23(28)30)29(13-14-32-25)24(31)27-20-11-9-19(26)10-12-20/h2-12,15H,13-14,16H2,1H3,(H,27,31)/t25-/m1/s1. The van der Waals surface area contributed by atoms with Crippen LogP contribution in [0.15, 0.2) is 72.8 Å². The van der Waals surface area contributed by atoms with Crippen molar-refractivity contribution in [3.63, 3.8) is 0 Å². The summed E-state index contributed by atoms with van der Waals surface area (Å²) in [4.78, 5) is 29.7. The lowest BCUT2D eigenvalue weighted by atomic mass is 10.1. The van der Waals surface area contributed by atoms with Crippen LogP contribution in [0.3, 0.4) is 0 Å². The first-order chi connectivity index (χ1) is 15.5. The Kier molecular flexibility index (Phi) is 5.35. The minimum Gasteiger partial charge on any atom is -0.308 e. The third kappa shape index (κ3) is 3.44. The van der Waals surface area contributed by atoms with Crippen LogP contribution in [0.1, 0.15) is 16.7 Å². The quantitative estimate of drug-likeness (QED) is 0.547. The number of urea groups is 1. The van der Waals surface area contributed by atoms with Crippen LogP contribution in [0.5, 0.6) is 0 Å². The second kappa shape index (κ2) is 8.19. The van der Waals surface area contributed by atoms with Crippen LogP contribution in [0, 0.1) is 6.92 Å². The van der Waals surface area contributed by atoms with Crippen LogP contribution in [0.2, 0.25) is 5.02 Å². The molecule has 2 heterocycles. The van der Waals surface area contributed by atoms with Gasteiger partial charge in [0.25, 0.3) is 5.91 Å². The molecule has 3 amide bonds. The Morgan fingerprint density at radius 1 is 1.09 bits per heavy atom. The summed E-state index contributed by atoms with van der Waals surface area (Å²) in [5.74, 6) is 0.612. The van der Waals surface area contributed by atoms with Crippen LogP contribution >= 0.6 is 23.4 Å². The van der Waals surface area contributed by atoms with E-state index >= 15 is 0 Å². The number of amides is 3. The van der Waals surface area contributed by atoms with Gasteiger partial charge in [-0.15, -0.1) is 11.8 Å². The number of nitrogens with one attached hydrogen (secondary N) is 1. The molecule has 1 spiro atoms. The molecule has 1 fully saturated rings. The summed E-state index contributed by atoms with van der Waals surface area (Å²) >= 11 is 7.49. The number of nitrogens with zero attached hydrogens (tertiary/aromatic N) is 2. The fraction of sp³-hybridized carbons (Fsp3) is 0.200. The molecule has 1 saturated heterocycles. The van der Waals surface area contributed by atoms with Crippen molar-refractivity contribution in [2.75, 3.05) is 22.5 Å². The predicted octanol–water partition coefficient (Wildman–Crippen LogP) is 5.63. The first-order valence-electron chi connectivity index (χ1n) is 10.4. The molecule has 0 unspecified atom stereocenters. The van der Waals surface area contributed by atoms with Gasteiger partial charge in [0.15, 0.2) is 4.87 Å². The summed E-state index contributed by atoms with van der Waals surface area (Å²) in [5, 5.41) is 3.53. The first kappa shape index (κ1) is 20.9. The van der Waals surface area contributed by atoms with Gasteiger partial charge in [-0.1, -0.05) is 59.6 Å². The lowest BCUT2D eigenvalue weighted by Crippen LogP contribution is -2.51. The number of hydrogen-bond donors (Lipinski definition) is 1. The van der Waals surface area contributed by atoms with E-state index in [0.29, 0.717) is 29.6 Å². The van der Waals surface area contributed by atoms with E-state index in [1.165, 1.54) is 11.8 Å². The fourth-order valence-corrected chi connectivity index (χ4v) is 6.03. The van der Waals surface area contributed by atoms with E-state index < -0.39 is 4.87 Å². The number of benzene rings is 3. The molecular weight excluding hydrogens is 442 g/mol. The molecule has 0 aliphatic carbocycles. The highest BCUT2D eigenvalue weighted by molar-refractivity contribution is 8.01. The van der Waals surface area contributed by atoms with Crippen LogP contribution in [0.4, 0.5) is 16.2 Å². The highest BCUT2D eigenvalue weighted by atomic mass is 35.5. The van der Waals surface area contributed by atoms with Crippen molar-refractivity contribution in [3.05, 3.63) is 94.5 Å². The molecule has 32 heavy (non-hydrogen) atoms. The molecule has 0 saturated carbocycles. The molecule has 2 aliphatic rings. The van der Waals surface area contributed by atoms with Crippen molar-refractivity contribution in [2.45, 2.75) is 18.3 Å². The van der Waals surface area contributed by atoms with Crippen LogP contribution in [-0.2, 0) is 16.2 Å². The van der Waals surface area contributed by atoms with Gasteiger partial charge >= 0.3 is 6.03 Å². The fourth-order valence-electron chi connectivity index (χ4n) is 4.44. The Labute approximate surface area is 196 Å². The van der Waals surface area contributed by atoms with Crippen LogP contribution in [-0.4, -0.2) is 29.1 Å². The number of hydrogen-bond acceptors (Lipinski definition) is 3. The largest absolute Gasteiger partial charge is 0.323 e. The maximum absolute atomic E-state index is 14.0. The Bertz CT molecular complexity index is 1200. The van der Waals surface area contributed by atoms with E-state index in [4.69, 9.17) is 11.6 Å². The van der Waals surface area contributed by atoms with Gasteiger partial charge < -0.3 is 10.2 Å². The number of carbonyl (C=O) groups excluding carboxylic acids is 2. The SMILES string of the molecule is Cc1cccc(CN2C(=O)[C@]3(SCCN3C(=O)Nc3ccc(Cl)cc3)c3ccccc32)c1. The van der Waals surface area contributed by atoms with Crippen molar-refractivity contribution in [3.8, 4) is 0 Å². The molecule has 5 nitrogen and oxygen atoms in total. The number of halogens is 1. The normalized spacial score (nSPS) is 19.5. The van der Waals surface area contributed by atoms with E-state index in [2.05, 4.69) is 11.4 Å². The Morgan fingerprint density at radius 2 is 1.88 bits per heavy atom. The second-order valence-corrected chi connectivity index (χ2v) is 9.70. The predicted molar refractivity (Wildman–Crippen MR) is 130 cm³/mol. The van der Waals surface area contributed by atoms with Crippen LogP contribution in [0.25, 0.3) is 0 Å². The molecule has 2 aliphatic heterocycles. The molecule has 1 N–H and O–H groups in total. The summed E-state index contributed by atoms with van der Waals surface area (Å²) in [6.07, 6.45) is 0.